The Bertz CT molecular complexity index is 957. The molecule has 5 heteroatoms. The maximum atomic E-state index is 11.1. The second kappa shape index (κ2) is 7.60. The van der Waals surface area contributed by atoms with Gasteiger partial charge in [0, 0.05) is 18.7 Å². The molecule has 0 bridgehead atoms. The first-order chi connectivity index (χ1) is 13.2. The number of nitro benzene ring substituents is 1. The van der Waals surface area contributed by atoms with E-state index in [1.807, 2.05) is 42.5 Å². The Morgan fingerprint density at radius 3 is 2.70 bits per heavy atom. The minimum absolute atomic E-state index is 0.0446. The van der Waals surface area contributed by atoms with Gasteiger partial charge in [-0.05, 0) is 40.8 Å². The van der Waals surface area contributed by atoms with Crippen molar-refractivity contribution in [1.82, 2.24) is 5.32 Å². The Kier molecular flexibility index (Phi) is 4.85. The number of nitro groups is 1. The quantitative estimate of drug-likeness (QED) is 0.541. The van der Waals surface area contributed by atoms with Crippen molar-refractivity contribution in [1.29, 1.82) is 0 Å². The first-order valence-electron chi connectivity index (χ1n) is 8.98. The van der Waals surface area contributed by atoms with E-state index in [1.54, 1.807) is 12.1 Å². The van der Waals surface area contributed by atoms with Gasteiger partial charge in [-0.3, -0.25) is 10.1 Å². The average molecular weight is 360 g/mol. The first kappa shape index (κ1) is 17.2. The molecule has 1 N–H and O–H groups in total. The summed E-state index contributed by atoms with van der Waals surface area (Å²) < 4.78 is 5.94. The topological polar surface area (TPSA) is 64.4 Å². The lowest BCUT2D eigenvalue weighted by Gasteiger charge is -2.27. The summed E-state index contributed by atoms with van der Waals surface area (Å²) in [7, 11) is 0. The highest BCUT2D eigenvalue weighted by atomic mass is 16.6. The highest BCUT2D eigenvalue weighted by Gasteiger charge is 2.23. The van der Waals surface area contributed by atoms with Gasteiger partial charge in [-0.25, -0.2) is 0 Å². The van der Waals surface area contributed by atoms with Gasteiger partial charge in [-0.2, -0.15) is 0 Å². The molecule has 0 spiro atoms. The monoisotopic (exact) mass is 360 g/mol. The van der Waals surface area contributed by atoms with Crippen LogP contribution in [0.4, 0.5) is 5.69 Å². The van der Waals surface area contributed by atoms with E-state index in [-0.39, 0.29) is 16.7 Å². The molecule has 1 unspecified atom stereocenters. The molecular formula is C22H20N2O3. The fraction of sp³-hybridized carbons (Fsp3) is 0.182. The van der Waals surface area contributed by atoms with Crippen molar-refractivity contribution in [2.45, 2.75) is 19.1 Å². The normalized spacial score (nSPS) is 15.8. The fourth-order valence-electron chi connectivity index (χ4n) is 3.49. The van der Waals surface area contributed by atoms with Gasteiger partial charge in [-0.15, -0.1) is 0 Å². The van der Waals surface area contributed by atoms with Crippen LogP contribution >= 0.6 is 0 Å². The lowest BCUT2D eigenvalue weighted by atomic mass is 9.89. The standard InChI is InChI=1S/C22H20N2O3/c25-24(26)19-8-4-7-18(13-19)22-21-10-9-20(14-17(21)11-12-23-22)27-15-16-5-2-1-3-6-16/h1-10,13-14,22-23H,11-12,15H2. The average Bonchev–Trinajstić information content (AvgIpc) is 2.72. The minimum atomic E-state index is -0.353. The number of rotatable bonds is 5. The smallest absolute Gasteiger partial charge is 0.269 e. The second-order valence-electron chi connectivity index (χ2n) is 6.62. The molecule has 3 aromatic rings. The summed E-state index contributed by atoms with van der Waals surface area (Å²) in [5.74, 6) is 0.845. The first-order valence-corrected chi connectivity index (χ1v) is 8.98. The van der Waals surface area contributed by atoms with Crippen LogP contribution in [0.15, 0.2) is 72.8 Å². The van der Waals surface area contributed by atoms with Gasteiger partial charge in [0.15, 0.2) is 0 Å². The van der Waals surface area contributed by atoms with Crippen molar-refractivity contribution < 1.29 is 9.66 Å². The maximum Gasteiger partial charge on any atom is 0.269 e. The Balaban J connectivity index is 1.56. The molecule has 1 atom stereocenters. The lowest BCUT2D eigenvalue weighted by Crippen LogP contribution is -2.30. The van der Waals surface area contributed by atoms with Crippen molar-refractivity contribution in [2.75, 3.05) is 6.54 Å². The van der Waals surface area contributed by atoms with Crippen LogP contribution in [0.1, 0.15) is 28.3 Å². The van der Waals surface area contributed by atoms with E-state index in [4.69, 9.17) is 4.74 Å². The lowest BCUT2D eigenvalue weighted by molar-refractivity contribution is -0.384. The molecule has 0 radical (unpaired) electrons. The van der Waals surface area contributed by atoms with Crippen molar-refractivity contribution in [3.05, 3.63) is 105 Å². The van der Waals surface area contributed by atoms with E-state index in [0.717, 1.165) is 35.4 Å². The SMILES string of the molecule is O=[N+]([O-])c1cccc(C2NCCc3cc(OCc4ccccc4)ccc32)c1. The molecule has 136 valence electrons. The van der Waals surface area contributed by atoms with Gasteiger partial charge in [0.05, 0.1) is 11.0 Å². The van der Waals surface area contributed by atoms with Crippen molar-refractivity contribution >= 4 is 5.69 Å². The Hall–Kier alpha value is -3.18. The van der Waals surface area contributed by atoms with Crippen LogP contribution < -0.4 is 10.1 Å². The summed E-state index contributed by atoms with van der Waals surface area (Å²) in [6.45, 7) is 1.36. The maximum absolute atomic E-state index is 11.1. The van der Waals surface area contributed by atoms with E-state index < -0.39 is 0 Å². The molecule has 27 heavy (non-hydrogen) atoms. The summed E-state index contributed by atoms with van der Waals surface area (Å²) in [4.78, 5) is 10.7. The molecule has 1 heterocycles. The zero-order valence-electron chi connectivity index (χ0n) is 14.8. The number of nitrogens with zero attached hydrogens (tertiary/aromatic N) is 1. The molecule has 1 aliphatic heterocycles. The van der Waals surface area contributed by atoms with Crippen molar-refractivity contribution in [3.63, 3.8) is 0 Å². The van der Waals surface area contributed by atoms with Crippen LogP contribution in [0.25, 0.3) is 0 Å². The predicted molar refractivity (Wildman–Crippen MR) is 104 cm³/mol. The molecule has 0 fully saturated rings. The zero-order chi connectivity index (χ0) is 18.6. The molecule has 1 aliphatic rings. The van der Waals surface area contributed by atoms with Crippen molar-refractivity contribution in [2.24, 2.45) is 0 Å². The highest BCUT2D eigenvalue weighted by Crippen LogP contribution is 2.32. The number of benzene rings is 3. The van der Waals surface area contributed by atoms with Gasteiger partial charge in [0.1, 0.15) is 12.4 Å². The van der Waals surface area contributed by atoms with Gasteiger partial charge in [0.2, 0.25) is 0 Å². The van der Waals surface area contributed by atoms with Gasteiger partial charge < -0.3 is 10.1 Å². The molecule has 0 amide bonds. The van der Waals surface area contributed by atoms with Crippen LogP contribution in [-0.2, 0) is 13.0 Å². The minimum Gasteiger partial charge on any atom is -0.489 e. The number of hydrogen-bond acceptors (Lipinski definition) is 4. The Morgan fingerprint density at radius 2 is 1.89 bits per heavy atom. The van der Waals surface area contributed by atoms with E-state index in [9.17, 15) is 10.1 Å². The van der Waals surface area contributed by atoms with Gasteiger partial charge in [-0.1, -0.05) is 48.5 Å². The molecular weight excluding hydrogens is 340 g/mol. The third kappa shape index (κ3) is 3.83. The highest BCUT2D eigenvalue weighted by molar-refractivity contribution is 5.46. The van der Waals surface area contributed by atoms with Crippen LogP contribution in [0.2, 0.25) is 0 Å². The molecule has 0 aromatic heterocycles. The zero-order valence-corrected chi connectivity index (χ0v) is 14.8. The van der Waals surface area contributed by atoms with Gasteiger partial charge in [0.25, 0.3) is 5.69 Å². The largest absolute Gasteiger partial charge is 0.489 e. The number of hydrogen-bond donors (Lipinski definition) is 1. The Morgan fingerprint density at radius 1 is 1.04 bits per heavy atom. The molecule has 0 saturated carbocycles. The summed E-state index contributed by atoms with van der Waals surface area (Å²) >= 11 is 0. The molecule has 0 aliphatic carbocycles. The summed E-state index contributed by atoms with van der Waals surface area (Å²) in [6, 6.07) is 23.0. The fourth-order valence-corrected chi connectivity index (χ4v) is 3.49. The van der Waals surface area contributed by atoms with E-state index >= 15 is 0 Å². The van der Waals surface area contributed by atoms with Crippen LogP contribution in [0, 0.1) is 10.1 Å². The third-order valence-corrected chi connectivity index (χ3v) is 4.83. The summed E-state index contributed by atoms with van der Waals surface area (Å²) in [5.41, 5.74) is 4.52. The number of fused-ring (bicyclic) bond motifs is 1. The number of nitrogens with one attached hydrogen (secondary N) is 1. The number of ether oxygens (including phenoxy) is 1. The molecule has 4 rings (SSSR count). The van der Waals surface area contributed by atoms with Crippen LogP contribution in [0.5, 0.6) is 5.75 Å². The van der Waals surface area contributed by atoms with E-state index in [0.29, 0.717) is 6.61 Å². The van der Waals surface area contributed by atoms with Crippen LogP contribution in [0.3, 0.4) is 0 Å². The second-order valence-corrected chi connectivity index (χ2v) is 6.62. The van der Waals surface area contributed by atoms with Crippen LogP contribution in [-0.4, -0.2) is 11.5 Å². The van der Waals surface area contributed by atoms with Crippen molar-refractivity contribution in [3.8, 4) is 5.75 Å². The summed E-state index contributed by atoms with van der Waals surface area (Å²) in [5, 5.41) is 14.6. The molecule has 5 nitrogen and oxygen atoms in total. The summed E-state index contributed by atoms with van der Waals surface area (Å²) in [6.07, 6.45) is 0.906. The van der Waals surface area contributed by atoms with E-state index in [2.05, 4.69) is 17.4 Å². The Labute approximate surface area is 157 Å². The number of non-ortho nitro benzene ring substituents is 1. The third-order valence-electron chi connectivity index (χ3n) is 4.83. The van der Waals surface area contributed by atoms with E-state index in [1.165, 1.54) is 11.6 Å². The predicted octanol–water partition coefficient (Wildman–Crippen LogP) is 4.41. The molecule has 0 saturated heterocycles. The van der Waals surface area contributed by atoms with Gasteiger partial charge >= 0.3 is 0 Å². The molecule has 3 aromatic carbocycles.